The molecule has 0 spiro atoms. The van der Waals surface area contributed by atoms with E-state index in [0.717, 1.165) is 11.3 Å². The number of piperidine rings is 1. The summed E-state index contributed by atoms with van der Waals surface area (Å²) in [4.78, 5) is 48.0. The Bertz CT molecular complexity index is 1110. The summed E-state index contributed by atoms with van der Waals surface area (Å²) in [7, 11) is 3.16. The van der Waals surface area contributed by atoms with E-state index in [4.69, 9.17) is 10.6 Å². The van der Waals surface area contributed by atoms with Gasteiger partial charge in [0.25, 0.3) is 11.8 Å². The van der Waals surface area contributed by atoms with Crippen molar-refractivity contribution in [2.45, 2.75) is 30.0 Å². The van der Waals surface area contributed by atoms with Crippen LogP contribution in [0.1, 0.15) is 12.1 Å². The second-order valence-electron chi connectivity index (χ2n) is 8.92. The Morgan fingerprint density at radius 2 is 2.14 bits per heavy atom. The number of anilines is 1. The van der Waals surface area contributed by atoms with E-state index in [1.54, 1.807) is 0 Å². The van der Waals surface area contributed by atoms with Crippen LogP contribution in [-0.4, -0.2) is 116 Å². The number of aliphatic carboxylic acids is 1. The van der Waals surface area contributed by atoms with Gasteiger partial charge in [0.05, 0.1) is 19.7 Å². The number of thiazole rings is 1. The van der Waals surface area contributed by atoms with Crippen molar-refractivity contribution in [3.8, 4) is 0 Å². The Balaban J connectivity index is 1.51. The molecule has 0 saturated carbocycles. The van der Waals surface area contributed by atoms with Crippen LogP contribution in [-0.2, 0) is 19.2 Å². The van der Waals surface area contributed by atoms with Gasteiger partial charge in [-0.05, 0) is 0 Å². The number of fused-ring (bicyclic) bond motifs is 1. The maximum atomic E-state index is 13.0. The van der Waals surface area contributed by atoms with Crippen LogP contribution in [0.2, 0.25) is 0 Å². The molecule has 1 unspecified atom stereocenters. The number of quaternary nitrogens is 1. The van der Waals surface area contributed by atoms with E-state index in [9.17, 15) is 29.7 Å². The lowest BCUT2D eigenvalue weighted by Crippen LogP contribution is -2.71. The normalized spacial score (nSPS) is 31.0. The number of β-lactam (4-membered cyclic amide) rings is 1. The number of nitrogens with two attached hydrogens (primary N) is 1. The molecule has 4 heterocycles. The van der Waals surface area contributed by atoms with E-state index in [-0.39, 0.29) is 28.8 Å². The summed E-state index contributed by atoms with van der Waals surface area (Å²) in [6.07, 6.45) is -1.30. The van der Waals surface area contributed by atoms with E-state index in [1.807, 2.05) is 7.05 Å². The number of rotatable bonds is 7. The van der Waals surface area contributed by atoms with E-state index < -0.39 is 41.4 Å². The standard InChI is InChI=1S/C20H26N6O7S2/c1-26(4-3-11(27)12(28)6-26)5-9-7-34-18-14(17(30)25(18)15(9)19(31)32)23-16(29)13(24-33-2)10-8-35-20(21)22-10/h8,11-12,14,18,27-28H,3-7H2,1-2H3,(H3-,21,22,23,29,31,32)/p+1/b24-13-/t11-,12-,14-,18-,26?/m1/s1. The topological polar surface area (TPSA) is 188 Å². The van der Waals surface area contributed by atoms with Crippen LogP contribution in [0, 0.1) is 0 Å². The summed E-state index contributed by atoms with van der Waals surface area (Å²) >= 11 is 2.47. The molecule has 2 fully saturated rings. The van der Waals surface area contributed by atoms with Crippen molar-refractivity contribution < 1.29 is 39.0 Å². The van der Waals surface area contributed by atoms with E-state index in [0.29, 0.717) is 35.3 Å². The van der Waals surface area contributed by atoms with E-state index in [2.05, 4.69) is 15.5 Å². The minimum absolute atomic E-state index is 0.0951. The van der Waals surface area contributed by atoms with Crippen LogP contribution in [0.25, 0.3) is 0 Å². The molecule has 1 aromatic heterocycles. The summed E-state index contributed by atoms with van der Waals surface area (Å²) in [6.45, 7) is 1.17. The first-order valence-electron chi connectivity index (χ1n) is 10.8. The van der Waals surface area contributed by atoms with Crippen LogP contribution in [0.5, 0.6) is 0 Å². The number of carboxylic acids is 1. The molecule has 2 saturated heterocycles. The molecule has 35 heavy (non-hydrogen) atoms. The number of nitrogens with zero attached hydrogens (tertiary/aromatic N) is 4. The molecular formula is C20H27N6O7S2+. The van der Waals surface area contributed by atoms with Gasteiger partial charge in [0.2, 0.25) is 0 Å². The molecule has 5 atom stereocenters. The van der Waals surface area contributed by atoms with Crippen molar-refractivity contribution >= 4 is 51.7 Å². The Kier molecular flexibility index (Phi) is 7.06. The zero-order chi connectivity index (χ0) is 25.5. The lowest BCUT2D eigenvalue weighted by molar-refractivity contribution is -0.914. The third-order valence-electron chi connectivity index (χ3n) is 6.31. The fourth-order valence-corrected chi connectivity index (χ4v) is 6.49. The van der Waals surface area contributed by atoms with Gasteiger partial charge >= 0.3 is 5.97 Å². The van der Waals surface area contributed by atoms with Crippen molar-refractivity contribution in [1.82, 2.24) is 15.2 Å². The van der Waals surface area contributed by atoms with E-state index >= 15 is 0 Å². The minimum Gasteiger partial charge on any atom is -0.477 e. The monoisotopic (exact) mass is 527 g/mol. The van der Waals surface area contributed by atoms with Gasteiger partial charge in [0.1, 0.15) is 49.1 Å². The highest BCUT2D eigenvalue weighted by molar-refractivity contribution is 8.00. The number of aromatic nitrogens is 1. The Morgan fingerprint density at radius 1 is 1.40 bits per heavy atom. The molecule has 13 nitrogen and oxygen atoms in total. The fourth-order valence-electron chi connectivity index (χ4n) is 4.61. The van der Waals surface area contributed by atoms with Gasteiger partial charge in [0.15, 0.2) is 10.8 Å². The Morgan fingerprint density at radius 3 is 2.74 bits per heavy atom. The number of carboxylic acid groups (broad SMARTS) is 1. The number of oxime groups is 1. The van der Waals surface area contributed by atoms with E-state index in [1.165, 1.54) is 29.2 Å². The average molecular weight is 528 g/mol. The Labute approximate surface area is 208 Å². The minimum atomic E-state index is -1.23. The molecule has 0 radical (unpaired) electrons. The molecule has 3 aliphatic heterocycles. The zero-order valence-corrected chi connectivity index (χ0v) is 20.7. The highest BCUT2D eigenvalue weighted by atomic mass is 32.2. The van der Waals surface area contributed by atoms with Crippen LogP contribution >= 0.6 is 23.1 Å². The fraction of sp³-hybridized carbons (Fsp3) is 0.550. The molecule has 1 aromatic rings. The largest absolute Gasteiger partial charge is 0.477 e. The number of hydrogen-bond donors (Lipinski definition) is 5. The van der Waals surface area contributed by atoms with Crippen molar-refractivity contribution in [2.24, 2.45) is 5.16 Å². The molecule has 0 aromatic carbocycles. The molecule has 2 amide bonds. The number of nitrogens with one attached hydrogen (secondary N) is 1. The van der Waals surface area contributed by atoms with Crippen LogP contribution < -0.4 is 11.1 Å². The first-order chi connectivity index (χ1) is 16.5. The maximum Gasteiger partial charge on any atom is 0.352 e. The molecule has 4 rings (SSSR count). The highest BCUT2D eigenvalue weighted by Crippen LogP contribution is 2.41. The van der Waals surface area contributed by atoms with Gasteiger partial charge in [-0.2, -0.15) is 0 Å². The van der Waals surface area contributed by atoms with Crippen molar-refractivity contribution in [3.63, 3.8) is 0 Å². The van der Waals surface area contributed by atoms with Gasteiger partial charge < -0.3 is 35.7 Å². The summed E-state index contributed by atoms with van der Waals surface area (Å²) in [5.41, 5.74) is 6.16. The summed E-state index contributed by atoms with van der Waals surface area (Å²) < 4.78 is 0.353. The number of carbonyl (C=O) groups excluding carboxylic acids is 2. The number of likely N-dealkylation sites (N-methyl/N-ethyl adjacent to an activating group) is 1. The van der Waals surface area contributed by atoms with Gasteiger partial charge in [-0.1, -0.05) is 5.16 Å². The molecule has 6 N–H and O–H groups in total. The lowest BCUT2D eigenvalue weighted by atomic mass is 9.99. The molecule has 190 valence electrons. The second-order valence-corrected chi connectivity index (χ2v) is 10.9. The lowest BCUT2D eigenvalue weighted by Gasteiger charge is -2.50. The third kappa shape index (κ3) is 4.86. The van der Waals surface area contributed by atoms with Gasteiger partial charge in [-0.3, -0.25) is 14.5 Å². The summed E-state index contributed by atoms with van der Waals surface area (Å²) in [6, 6.07) is -0.946. The number of aliphatic hydroxyl groups excluding tert-OH is 2. The SMILES string of the molecule is CO/N=C(\C(=O)N[C@@H]1C(=O)N2C(C(=O)O)=C(C[N+]3(C)CC[C@@H](O)[C@H](O)C3)CS[C@H]12)c1csc(N)n1. The zero-order valence-electron chi connectivity index (χ0n) is 19.1. The maximum absolute atomic E-state index is 13.0. The number of carbonyl (C=O) groups is 3. The van der Waals surface area contributed by atoms with Crippen molar-refractivity contribution in [3.05, 3.63) is 22.3 Å². The van der Waals surface area contributed by atoms with Gasteiger partial charge in [0, 0.05) is 23.1 Å². The summed E-state index contributed by atoms with van der Waals surface area (Å²) in [5.74, 6) is -2.12. The molecular weight excluding hydrogens is 500 g/mol. The number of hydrogen-bond acceptors (Lipinski definition) is 11. The first-order valence-corrected chi connectivity index (χ1v) is 12.7. The highest BCUT2D eigenvalue weighted by Gasteiger charge is 2.55. The number of thioether (sulfide) groups is 1. The van der Waals surface area contributed by atoms with Crippen LogP contribution in [0.15, 0.2) is 21.8 Å². The second kappa shape index (κ2) is 9.73. The molecule has 0 bridgehead atoms. The predicted molar refractivity (Wildman–Crippen MR) is 127 cm³/mol. The molecule has 0 aliphatic carbocycles. The third-order valence-corrected chi connectivity index (χ3v) is 8.32. The average Bonchev–Trinajstić information content (AvgIpc) is 3.23. The van der Waals surface area contributed by atoms with Crippen molar-refractivity contribution in [2.75, 3.05) is 45.3 Å². The summed E-state index contributed by atoms with van der Waals surface area (Å²) in [5, 5.41) is 37.4. The molecule has 15 heteroatoms. The van der Waals surface area contributed by atoms with Crippen LogP contribution in [0.4, 0.5) is 5.13 Å². The number of aliphatic hydroxyl groups is 2. The van der Waals surface area contributed by atoms with Crippen LogP contribution in [0.3, 0.4) is 0 Å². The predicted octanol–water partition coefficient (Wildman–Crippen LogP) is -1.61. The van der Waals surface area contributed by atoms with Gasteiger partial charge in [-0.25, -0.2) is 9.78 Å². The number of nitrogen functional groups attached to an aromatic ring is 1. The smallest absolute Gasteiger partial charge is 0.352 e. The number of amides is 2. The molecule has 3 aliphatic rings. The van der Waals surface area contributed by atoms with Gasteiger partial charge in [-0.15, -0.1) is 23.1 Å². The van der Waals surface area contributed by atoms with Crippen molar-refractivity contribution in [1.29, 1.82) is 0 Å². The quantitative estimate of drug-likeness (QED) is 0.119. The first kappa shape index (κ1) is 25.4. The Hall–Kier alpha value is -2.72. The number of likely N-dealkylation sites (tertiary alicyclic amines) is 1.